The molecule has 0 aromatic heterocycles. The van der Waals surface area contributed by atoms with Crippen LogP contribution in [0.4, 0.5) is 0 Å². The second kappa shape index (κ2) is 27.2. The summed E-state index contributed by atoms with van der Waals surface area (Å²) in [5, 5.41) is 10.2. The highest BCUT2D eigenvalue weighted by Gasteiger charge is 2.14. The van der Waals surface area contributed by atoms with Crippen LogP contribution >= 0.6 is 0 Å². The van der Waals surface area contributed by atoms with Crippen molar-refractivity contribution in [3.05, 3.63) is 0 Å². The molecule has 1 heteroatoms. The van der Waals surface area contributed by atoms with Gasteiger partial charge in [-0.05, 0) is 25.7 Å². The zero-order valence-electron chi connectivity index (χ0n) is 23.0. The van der Waals surface area contributed by atoms with E-state index >= 15 is 0 Å². The van der Waals surface area contributed by atoms with Gasteiger partial charge in [0, 0.05) is 0 Å². The molecule has 0 fully saturated rings. The maximum atomic E-state index is 10.2. The molecule has 0 amide bonds. The third kappa shape index (κ3) is 24.6. The molecule has 194 valence electrons. The van der Waals surface area contributed by atoms with Crippen molar-refractivity contribution in [2.24, 2.45) is 5.92 Å². The number of unbranched alkanes of at least 4 members (excludes halogenated alkanes) is 22. The molecular formula is C31H64O. The van der Waals surface area contributed by atoms with Crippen LogP contribution in [-0.4, -0.2) is 11.2 Å². The number of hydrogen-bond acceptors (Lipinski definition) is 1. The van der Waals surface area contributed by atoms with Gasteiger partial charge in [0.1, 0.15) is 0 Å². The second-order valence-corrected chi connectivity index (χ2v) is 10.9. The maximum absolute atomic E-state index is 10.2. The highest BCUT2D eigenvalue weighted by atomic mass is 16.3. The van der Waals surface area contributed by atoms with E-state index in [0.717, 1.165) is 0 Å². The van der Waals surface area contributed by atoms with E-state index in [1.54, 1.807) is 0 Å². The Bertz CT molecular complexity index is 296. The van der Waals surface area contributed by atoms with Gasteiger partial charge in [-0.1, -0.05) is 168 Å². The Hall–Kier alpha value is -0.0400. The van der Waals surface area contributed by atoms with E-state index in [-0.39, 0.29) is 6.10 Å². The van der Waals surface area contributed by atoms with Gasteiger partial charge in [-0.3, -0.25) is 0 Å². The van der Waals surface area contributed by atoms with Crippen LogP contribution < -0.4 is 0 Å². The predicted octanol–water partition coefficient (Wildman–Crippen LogP) is 11.2. The fourth-order valence-electron chi connectivity index (χ4n) is 5.12. The summed E-state index contributed by atoms with van der Waals surface area (Å²) in [5.41, 5.74) is 0. The summed E-state index contributed by atoms with van der Waals surface area (Å²) in [6, 6.07) is 0. The maximum Gasteiger partial charge on any atom is 0.0540 e. The van der Waals surface area contributed by atoms with Gasteiger partial charge >= 0.3 is 0 Å². The minimum Gasteiger partial charge on any atom is -0.393 e. The molecule has 1 nitrogen and oxygen atoms in total. The summed E-state index contributed by atoms with van der Waals surface area (Å²) in [4.78, 5) is 0. The fourth-order valence-corrected chi connectivity index (χ4v) is 5.12. The van der Waals surface area contributed by atoms with Gasteiger partial charge < -0.3 is 5.11 Å². The van der Waals surface area contributed by atoms with E-state index in [1.807, 2.05) is 6.92 Å². The summed E-state index contributed by atoms with van der Waals surface area (Å²) in [7, 11) is 0. The molecule has 0 saturated heterocycles. The molecule has 0 rings (SSSR count). The van der Waals surface area contributed by atoms with Crippen molar-refractivity contribution in [2.75, 3.05) is 0 Å². The lowest BCUT2D eigenvalue weighted by atomic mass is 9.90. The van der Waals surface area contributed by atoms with Crippen LogP contribution in [0.1, 0.15) is 188 Å². The largest absolute Gasteiger partial charge is 0.393 e. The Morgan fingerprint density at radius 2 is 0.594 bits per heavy atom. The molecule has 1 atom stereocenters. The van der Waals surface area contributed by atoms with Gasteiger partial charge in [-0.15, -0.1) is 0 Å². The molecule has 32 heavy (non-hydrogen) atoms. The third-order valence-corrected chi connectivity index (χ3v) is 7.54. The molecule has 1 unspecified atom stereocenters. The van der Waals surface area contributed by atoms with Crippen LogP contribution in [0.25, 0.3) is 0 Å². The first kappa shape index (κ1) is 32.0. The zero-order valence-corrected chi connectivity index (χ0v) is 23.0. The van der Waals surface area contributed by atoms with Crippen LogP contribution in [0.15, 0.2) is 0 Å². The first-order valence-electron chi connectivity index (χ1n) is 15.4. The second-order valence-electron chi connectivity index (χ2n) is 10.9. The SMILES string of the molecule is CCCCCCCCCCCCCCC(CCCCCCCCCCCCCC)C(C)O. The van der Waals surface area contributed by atoms with Crippen molar-refractivity contribution in [3.8, 4) is 0 Å². The molecule has 0 aromatic carbocycles. The number of aliphatic hydroxyl groups is 1. The minimum absolute atomic E-state index is 0.115. The van der Waals surface area contributed by atoms with Gasteiger partial charge in [0.2, 0.25) is 0 Å². The minimum atomic E-state index is -0.115. The van der Waals surface area contributed by atoms with Crippen LogP contribution in [0, 0.1) is 5.92 Å². The lowest BCUT2D eigenvalue weighted by molar-refractivity contribution is 0.111. The molecule has 1 N–H and O–H groups in total. The highest BCUT2D eigenvalue weighted by Crippen LogP contribution is 2.22. The van der Waals surface area contributed by atoms with E-state index in [2.05, 4.69) is 13.8 Å². The summed E-state index contributed by atoms with van der Waals surface area (Å²) in [5.74, 6) is 0.543. The van der Waals surface area contributed by atoms with Gasteiger partial charge in [-0.25, -0.2) is 0 Å². The molecule has 0 spiro atoms. The van der Waals surface area contributed by atoms with Crippen LogP contribution in [-0.2, 0) is 0 Å². The molecule has 0 aliphatic carbocycles. The first-order chi connectivity index (χ1) is 15.7. The fraction of sp³-hybridized carbons (Fsp3) is 1.00. The van der Waals surface area contributed by atoms with E-state index < -0.39 is 0 Å². The predicted molar refractivity (Wildman–Crippen MR) is 147 cm³/mol. The first-order valence-corrected chi connectivity index (χ1v) is 15.4. The van der Waals surface area contributed by atoms with E-state index in [9.17, 15) is 5.11 Å². The van der Waals surface area contributed by atoms with Gasteiger partial charge in [0.25, 0.3) is 0 Å². The molecule has 0 bridgehead atoms. The normalized spacial score (nSPS) is 12.7. The van der Waals surface area contributed by atoms with Crippen molar-refractivity contribution in [1.82, 2.24) is 0 Å². The Kier molecular flexibility index (Phi) is 27.2. The van der Waals surface area contributed by atoms with E-state index in [0.29, 0.717) is 5.92 Å². The zero-order chi connectivity index (χ0) is 23.5. The summed E-state index contributed by atoms with van der Waals surface area (Å²) in [6.45, 7) is 6.61. The van der Waals surface area contributed by atoms with Crippen LogP contribution in [0.5, 0.6) is 0 Å². The van der Waals surface area contributed by atoms with Crippen molar-refractivity contribution in [1.29, 1.82) is 0 Å². The molecule has 0 aromatic rings. The summed E-state index contributed by atoms with van der Waals surface area (Å²) >= 11 is 0. The number of rotatable bonds is 27. The van der Waals surface area contributed by atoms with Crippen molar-refractivity contribution in [2.45, 2.75) is 194 Å². The average molecular weight is 453 g/mol. The third-order valence-electron chi connectivity index (χ3n) is 7.54. The van der Waals surface area contributed by atoms with Crippen molar-refractivity contribution < 1.29 is 5.11 Å². The molecule has 0 heterocycles. The molecule has 0 aliphatic heterocycles. The van der Waals surface area contributed by atoms with Crippen molar-refractivity contribution >= 4 is 0 Å². The monoisotopic (exact) mass is 452 g/mol. The summed E-state index contributed by atoms with van der Waals surface area (Å²) in [6.07, 6.45) is 36.3. The smallest absolute Gasteiger partial charge is 0.0540 e. The standard InChI is InChI=1S/C31H64O/c1-4-6-8-10-12-14-16-18-20-22-24-26-28-31(30(3)32)29-27-25-23-21-19-17-15-13-11-9-7-5-2/h30-32H,4-29H2,1-3H3. The van der Waals surface area contributed by atoms with Gasteiger partial charge in [0.15, 0.2) is 0 Å². The Balaban J connectivity index is 3.41. The quantitative estimate of drug-likeness (QED) is 0.123. The molecule has 0 radical (unpaired) electrons. The van der Waals surface area contributed by atoms with Crippen LogP contribution in [0.3, 0.4) is 0 Å². The molecular weight excluding hydrogens is 388 g/mol. The lowest BCUT2D eigenvalue weighted by Crippen LogP contribution is -2.16. The topological polar surface area (TPSA) is 20.2 Å². The number of hydrogen-bond donors (Lipinski definition) is 1. The number of aliphatic hydroxyl groups excluding tert-OH is 1. The Labute approximate surface area is 204 Å². The van der Waals surface area contributed by atoms with E-state index in [4.69, 9.17) is 0 Å². The molecule has 0 aliphatic rings. The summed E-state index contributed by atoms with van der Waals surface area (Å²) < 4.78 is 0. The highest BCUT2D eigenvalue weighted by molar-refractivity contribution is 4.66. The molecule has 0 saturated carbocycles. The van der Waals surface area contributed by atoms with Crippen LogP contribution in [0.2, 0.25) is 0 Å². The van der Waals surface area contributed by atoms with E-state index in [1.165, 1.54) is 167 Å². The lowest BCUT2D eigenvalue weighted by Gasteiger charge is -2.19. The van der Waals surface area contributed by atoms with Crippen molar-refractivity contribution in [3.63, 3.8) is 0 Å². The Morgan fingerprint density at radius 1 is 0.375 bits per heavy atom. The average Bonchev–Trinajstić information content (AvgIpc) is 2.78. The Morgan fingerprint density at radius 3 is 0.812 bits per heavy atom. The van der Waals surface area contributed by atoms with Gasteiger partial charge in [-0.2, -0.15) is 0 Å². The van der Waals surface area contributed by atoms with Gasteiger partial charge in [0.05, 0.1) is 6.10 Å².